The second-order valence-electron chi connectivity index (χ2n) is 7.82. The van der Waals surface area contributed by atoms with E-state index in [1.807, 2.05) is 17.7 Å². The molecule has 4 aromatic rings. The van der Waals surface area contributed by atoms with Gasteiger partial charge in [-0.3, -0.25) is 4.98 Å². The Bertz CT molecular complexity index is 1270. The van der Waals surface area contributed by atoms with Crippen LogP contribution in [-0.2, 0) is 12.6 Å². The van der Waals surface area contributed by atoms with Crippen molar-refractivity contribution < 1.29 is 13.9 Å². The minimum absolute atomic E-state index is 0.315. The number of nitrogens with zero attached hydrogens (tertiary/aromatic N) is 3. The van der Waals surface area contributed by atoms with Crippen molar-refractivity contribution in [3.63, 3.8) is 0 Å². The van der Waals surface area contributed by atoms with Gasteiger partial charge in [0.15, 0.2) is 0 Å². The highest BCUT2D eigenvalue weighted by Crippen LogP contribution is 2.40. The number of aliphatic hydroxyl groups is 1. The summed E-state index contributed by atoms with van der Waals surface area (Å²) >= 11 is 7.12. The van der Waals surface area contributed by atoms with Crippen LogP contribution >= 0.6 is 23.4 Å². The molecule has 0 aliphatic heterocycles. The normalized spacial score (nSPS) is 11.7. The summed E-state index contributed by atoms with van der Waals surface area (Å²) < 4.78 is 29.8. The summed E-state index contributed by atoms with van der Waals surface area (Å²) in [4.78, 5) is 9.55. The molecule has 0 aliphatic rings. The second-order valence-corrected chi connectivity index (χ2v) is 9.29. The summed E-state index contributed by atoms with van der Waals surface area (Å²) in [7, 11) is 1.82. The first-order chi connectivity index (χ1) is 15.1. The average molecular weight is 472 g/mol. The molecule has 0 saturated heterocycles. The number of imidazole rings is 1. The molecule has 4 rings (SSSR count). The number of rotatable bonds is 5. The molecule has 0 atom stereocenters. The fourth-order valence-corrected chi connectivity index (χ4v) is 4.35. The summed E-state index contributed by atoms with van der Waals surface area (Å²) in [6.07, 6.45) is 1.63. The van der Waals surface area contributed by atoms with Gasteiger partial charge in [0.1, 0.15) is 33.8 Å². The van der Waals surface area contributed by atoms with Crippen molar-refractivity contribution in [3.8, 4) is 22.6 Å². The Kier molecular flexibility index (Phi) is 6.07. The van der Waals surface area contributed by atoms with Crippen LogP contribution in [0.1, 0.15) is 19.5 Å². The summed E-state index contributed by atoms with van der Waals surface area (Å²) in [5.41, 5.74) is 1.47. The topological polar surface area (TPSA) is 50.9 Å². The third-order valence-electron chi connectivity index (χ3n) is 4.91. The lowest BCUT2D eigenvalue weighted by molar-refractivity contribution is 0.0739. The van der Waals surface area contributed by atoms with Crippen LogP contribution in [-0.4, -0.2) is 19.6 Å². The number of benzene rings is 2. The fourth-order valence-electron chi connectivity index (χ4n) is 3.20. The van der Waals surface area contributed by atoms with Gasteiger partial charge in [0.05, 0.1) is 5.69 Å². The molecule has 32 heavy (non-hydrogen) atoms. The van der Waals surface area contributed by atoms with Gasteiger partial charge in [-0.15, -0.1) is 0 Å². The van der Waals surface area contributed by atoms with Crippen LogP contribution in [0.2, 0.25) is 5.02 Å². The first kappa shape index (κ1) is 22.5. The minimum atomic E-state index is -1.08. The van der Waals surface area contributed by atoms with E-state index in [2.05, 4.69) is 4.98 Å². The Balaban J connectivity index is 1.85. The number of pyridine rings is 1. The fraction of sp³-hybridized carbons (Fsp3) is 0.167. The Labute approximate surface area is 193 Å². The molecule has 0 spiro atoms. The van der Waals surface area contributed by atoms with Crippen molar-refractivity contribution in [2.45, 2.75) is 29.4 Å². The predicted molar refractivity (Wildman–Crippen MR) is 123 cm³/mol. The van der Waals surface area contributed by atoms with Crippen LogP contribution < -0.4 is 0 Å². The van der Waals surface area contributed by atoms with Crippen molar-refractivity contribution in [1.29, 1.82) is 0 Å². The van der Waals surface area contributed by atoms with Gasteiger partial charge in [0, 0.05) is 34.3 Å². The summed E-state index contributed by atoms with van der Waals surface area (Å²) in [6.45, 7) is 3.32. The van der Waals surface area contributed by atoms with Gasteiger partial charge in [0.2, 0.25) is 0 Å². The molecule has 1 N–H and O–H groups in total. The molecule has 0 saturated carbocycles. The van der Waals surface area contributed by atoms with Crippen LogP contribution in [0.15, 0.2) is 70.7 Å². The number of aromatic nitrogens is 3. The molecule has 164 valence electrons. The lowest BCUT2D eigenvalue weighted by Gasteiger charge is -2.16. The van der Waals surface area contributed by atoms with Crippen molar-refractivity contribution in [2.24, 2.45) is 7.05 Å². The van der Waals surface area contributed by atoms with Gasteiger partial charge in [-0.1, -0.05) is 23.4 Å². The second kappa shape index (κ2) is 8.65. The molecule has 2 aromatic carbocycles. The molecule has 0 bridgehead atoms. The molecule has 0 fully saturated rings. The quantitative estimate of drug-likeness (QED) is 0.363. The van der Waals surface area contributed by atoms with Gasteiger partial charge >= 0.3 is 0 Å². The zero-order valence-corrected chi connectivity index (χ0v) is 19.2. The largest absolute Gasteiger partial charge is 0.384 e. The third-order valence-corrected chi connectivity index (χ3v) is 6.36. The van der Waals surface area contributed by atoms with Gasteiger partial charge in [-0.2, -0.15) is 0 Å². The van der Waals surface area contributed by atoms with E-state index < -0.39 is 11.4 Å². The lowest BCUT2D eigenvalue weighted by atomic mass is 10.0. The standard InChI is InChI=1S/C24H20ClF2N3OS/c1-24(2,31)20-11-6-15(13-28-20)21-23(32-19-10-7-16(25)12-18(19)27)30(3)22(29-21)14-4-8-17(26)9-5-14/h4-13,31H,1-3H3. The van der Waals surface area contributed by atoms with Crippen molar-refractivity contribution >= 4 is 23.4 Å². The molecule has 0 aliphatic carbocycles. The Morgan fingerprint density at radius 1 is 1.00 bits per heavy atom. The highest BCUT2D eigenvalue weighted by Gasteiger charge is 2.22. The molecular weight excluding hydrogens is 452 g/mol. The summed E-state index contributed by atoms with van der Waals surface area (Å²) in [5.74, 6) is -0.177. The van der Waals surface area contributed by atoms with Crippen LogP contribution in [0.5, 0.6) is 0 Å². The smallest absolute Gasteiger partial charge is 0.141 e. The zero-order chi connectivity index (χ0) is 23.0. The van der Waals surface area contributed by atoms with E-state index in [4.69, 9.17) is 16.6 Å². The maximum absolute atomic E-state index is 14.5. The summed E-state index contributed by atoms with van der Waals surface area (Å²) in [6, 6.07) is 14.1. The van der Waals surface area contributed by atoms with E-state index in [-0.39, 0.29) is 5.82 Å². The van der Waals surface area contributed by atoms with Crippen LogP contribution in [0.3, 0.4) is 0 Å². The van der Waals surface area contributed by atoms with Gasteiger partial charge in [0.25, 0.3) is 0 Å². The molecule has 0 amide bonds. The Morgan fingerprint density at radius 2 is 1.69 bits per heavy atom. The minimum Gasteiger partial charge on any atom is -0.384 e. The van der Waals surface area contributed by atoms with Crippen molar-refractivity contribution in [2.75, 3.05) is 0 Å². The number of hydrogen-bond acceptors (Lipinski definition) is 4. The molecule has 0 radical (unpaired) electrons. The Morgan fingerprint density at radius 3 is 2.28 bits per heavy atom. The Hall–Kier alpha value is -2.74. The molecule has 8 heteroatoms. The van der Waals surface area contributed by atoms with E-state index in [0.717, 1.165) is 5.56 Å². The van der Waals surface area contributed by atoms with Crippen LogP contribution in [0.25, 0.3) is 22.6 Å². The van der Waals surface area contributed by atoms with E-state index in [1.165, 1.54) is 30.0 Å². The lowest BCUT2D eigenvalue weighted by Crippen LogP contribution is -2.17. The van der Waals surface area contributed by atoms with E-state index >= 15 is 0 Å². The maximum Gasteiger partial charge on any atom is 0.141 e. The SMILES string of the molecule is Cn1c(-c2ccc(F)cc2)nc(-c2ccc(C(C)(C)O)nc2)c1Sc1ccc(Cl)cc1F. The van der Waals surface area contributed by atoms with E-state index in [0.29, 0.717) is 37.7 Å². The molecule has 0 unspecified atom stereocenters. The third kappa shape index (κ3) is 4.55. The van der Waals surface area contributed by atoms with E-state index in [9.17, 15) is 13.9 Å². The van der Waals surface area contributed by atoms with Crippen molar-refractivity contribution in [3.05, 3.63) is 83.1 Å². The van der Waals surface area contributed by atoms with Crippen LogP contribution in [0.4, 0.5) is 8.78 Å². The molecule has 4 nitrogen and oxygen atoms in total. The first-order valence-corrected chi connectivity index (χ1v) is 11.0. The highest BCUT2D eigenvalue weighted by molar-refractivity contribution is 7.99. The molecular formula is C24H20ClF2N3OS. The number of hydrogen-bond donors (Lipinski definition) is 1. The van der Waals surface area contributed by atoms with Gasteiger partial charge in [-0.25, -0.2) is 13.8 Å². The maximum atomic E-state index is 14.5. The monoisotopic (exact) mass is 471 g/mol. The predicted octanol–water partition coefficient (Wildman–Crippen LogP) is 6.46. The van der Waals surface area contributed by atoms with Gasteiger partial charge in [-0.05, 0) is 68.4 Å². The average Bonchev–Trinajstić information content (AvgIpc) is 3.06. The first-order valence-electron chi connectivity index (χ1n) is 9.78. The zero-order valence-electron chi connectivity index (χ0n) is 17.6. The van der Waals surface area contributed by atoms with E-state index in [1.54, 1.807) is 50.4 Å². The summed E-state index contributed by atoms with van der Waals surface area (Å²) in [5, 5.41) is 11.2. The highest BCUT2D eigenvalue weighted by atomic mass is 35.5. The molecule has 2 aromatic heterocycles. The molecule has 2 heterocycles. The van der Waals surface area contributed by atoms with Crippen LogP contribution in [0, 0.1) is 11.6 Å². The van der Waals surface area contributed by atoms with Crippen molar-refractivity contribution in [1.82, 2.24) is 14.5 Å². The number of halogens is 3. The van der Waals surface area contributed by atoms with Gasteiger partial charge < -0.3 is 9.67 Å².